The van der Waals surface area contributed by atoms with Crippen LogP contribution >= 0.6 is 11.6 Å². The molecule has 0 aliphatic heterocycles. The summed E-state index contributed by atoms with van der Waals surface area (Å²) in [5.74, 6) is 0.733. The van der Waals surface area contributed by atoms with Gasteiger partial charge in [0, 0.05) is 5.02 Å². The van der Waals surface area contributed by atoms with Crippen molar-refractivity contribution in [2.24, 2.45) is 0 Å². The first kappa shape index (κ1) is 14.3. The van der Waals surface area contributed by atoms with E-state index in [1.165, 1.54) is 0 Å². The molecule has 1 aromatic rings. The number of ether oxygens (including phenoxy) is 1. The Bertz CT molecular complexity index is 246. The van der Waals surface area contributed by atoms with Gasteiger partial charge in [0.25, 0.3) is 0 Å². The fourth-order valence-electron chi connectivity index (χ4n) is 0.841. The third kappa shape index (κ3) is 6.37. The molecular formula is C12H19ClO2. The number of hydrogen-bond acceptors (Lipinski definition) is 2. The third-order valence-corrected chi connectivity index (χ3v) is 1.98. The average Bonchev–Trinajstić information content (AvgIpc) is 2.30. The summed E-state index contributed by atoms with van der Waals surface area (Å²) < 4.78 is 5.31. The molecule has 0 aliphatic rings. The number of aliphatic hydroxyl groups excluding tert-OH is 1. The summed E-state index contributed by atoms with van der Waals surface area (Å²) in [6.07, 6.45) is 0.309. The maximum Gasteiger partial charge on any atom is 0.119 e. The summed E-state index contributed by atoms with van der Waals surface area (Å²) in [5, 5.41) is 9.91. The van der Waals surface area contributed by atoms with Crippen molar-refractivity contribution < 1.29 is 9.84 Å². The van der Waals surface area contributed by atoms with E-state index in [1.807, 2.05) is 20.8 Å². The molecular weight excluding hydrogens is 212 g/mol. The van der Waals surface area contributed by atoms with E-state index in [2.05, 4.69) is 0 Å². The number of benzene rings is 1. The molecule has 0 saturated heterocycles. The monoisotopic (exact) mass is 230 g/mol. The molecule has 15 heavy (non-hydrogen) atoms. The second-order valence-corrected chi connectivity index (χ2v) is 3.26. The van der Waals surface area contributed by atoms with Crippen LogP contribution in [0.3, 0.4) is 0 Å². The lowest BCUT2D eigenvalue weighted by atomic mass is 10.3. The molecule has 0 heterocycles. The van der Waals surface area contributed by atoms with Crippen molar-refractivity contribution >= 4 is 11.6 Å². The average molecular weight is 231 g/mol. The lowest BCUT2D eigenvalue weighted by Crippen LogP contribution is -2.15. The summed E-state index contributed by atoms with van der Waals surface area (Å²) in [6, 6.07) is 7.08. The fraction of sp³-hybridized carbons (Fsp3) is 0.500. The van der Waals surface area contributed by atoms with Crippen molar-refractivity contribution in [3.63, 3.8) is 0 Å². The highest BCUT2D eigenvalue weighted by Gasteiger charge is 2.01. The van der Waals surface area contributed by atoms with Crippen LogP contribution in [-0.2, 0) is 0 Å². The van der Waals surface area contributed by atoms with Gasteiger partial charge in [-0.25, -0.2) is 0 Å². The first-order valence-electron chi connectivity index (χ1n) is 5.28. The SMILES string of the molecule is CC.CCC(O)COc1ccc(Cl)cc1. The Hall–Kier alpha value is -0.730. The predicted octanol–water partition coefficient (Wildman–Crippen LogP) is 3.52. The maximum atomic E-state index is 9.22. The Balaban J connectivity index is 0.000000921. The van der Waals surface area contributed by atoms with Crippen LogP contribution in [0.5, 0.6) is 5.75 Å². The van der Waals surface area contributed by atoms with Crippen molar-refractivity contribution in [2.45, 2.75) is 33.3 Å². The second kappa shape index (κ2) is 8.57. The van der Waals surface area contributed by atoms with E-state index in [0.717, 1.165) is 5.75 Å². The summed E-state index contributed by atoms with van der Waals surface area (Å²) in [4.78, 5) is 0. The molecule has 86 valence electrons. The van der Waals surface area contributed by atoms with Gasteiger partial charge in [-0.1, -0.05) is 32.4 Å². The van der Waals surface area contributed by atoms with Crippen LogP contribution in [0.4, 0.5) is 0 Å². The standard InChI is InChI=1S/C10H13ClO2.C2H6/c1-2-9(12)7-13-10-5-3-8(11)4-6-10;1-2/h3-6,9,12H,2,7H2,1H3;1-2H3. The molecule has 0 radical (unpaired) electrons. The van der Waals surface area contributed by atoms with E-state index in [4.69, 9.17) is 16.3 Å². The van der Waals surface area contributed by atoms with E-state index in [0.29, 0.717) is 18.1 Å². The smallest absolute Gasteiger partial charge is 0.119 e. The molecule has 0 amide bonds. The molecule has 1 unspecified atom stereocenters. The lowest BCUT2D eigenvalue weighted by Gasteiger charge is -2.09. The zero-order valence-electron chi connectivity index (χ0n) is 9.53. The molecule has 0 aromatic heterocycles. The molecule has 3 heteroatoms. The van der Waals surface area contributed by atoms with Crippen molar-refractivity contribution in [2.75, 3.05) is 6.61 Å². The number of aliphatic hydroxyl groups is 1. The summed E-state index contributed by atoms with van der Waals surface area (Å²) in [6.45, 7) is 6.24. The first-order valence-corrected chi connectivity index (χ1v) is 5.66. The highest BCUT2D eigenvalue weighted by Crippen LogP contribution is 2.15. The number of rotatable bonds is 4. The normalized spacial score (nSPS) is 11.3. The quantitative estimate of drug-likeness (QED) is 0.858. The van der Waals surface area contributed by atoms with Gasteiger partial charge < -0.3 is 9.84 Å². The van der Waals surface area contributed by atoms with Crippen LogP contribution in [0.15, 0.2) is 24.3 Å². The van der Waals surface area contributed by atoms with Gasteiger partial charge in [-0.3, -0.25) is 0 Å². The van der Waals surface area contributed by atoms with Crippen molar-refractivity contribution in [3.8, 4) is 5.75 Å². The maximum absolute atomic E-state index is 9.22. The van der Waals surface area contributed by atoms with Gasteiger partial charge in [-0.15, -0.1) is 0 Å². The van der Waals surface area contributed by atoms with Gasteiger partial charge in [0.05, 0.1) is 6.10 Å². The minimum atomic E-state index is -0.393. The largest absolute Gasteiger partial charge is 0.491 e. The van der Waals surface area contributed by atoms with Crippen LogP contribution in [0.25, 0.3) is 0 Å². The molecule has 0 spiro atoms. The van der Waals surface area contributed by atoms with Crippen LogP contribution in [0, 0.1) is 0 Å². The molecule has 1 rings (SSSR count). The highest BCUT2D eigenvalue weighted by atomic mass is 35.5. The van der Waals surface area contributed by atoms with Crippen LogP contribution < -0.4 is 4.74 Å². The second-order valence-electron chi connectivity index (χ2n) is 2.83. The molecule has 1 N–H and O–H groups in total. The minimum Gasteiger partial charge on any atom is -0.491 e. The van der Waals surface area contributed by atoms with Crippen LogP contribution in [0.1, 0.15) is 27.2 Å². The molecule has 0 aliphatic carbocycles. The van der Waals surface area contributed by atoms with Gasteiger partial charge in [0.15, 0.2) is 0 Å². The molecule has 0 bridgehead atoms. The Morgan fingerprint density at radius 2 is 1.80 bits per heavy atom. The van der Waals surface area contributed by atoms with E-state index in [9.17, 15) is 5.11 Å². The van der Waals surface area contributed by atoms with Gasteiger partial charge in [0.1, 0.15) is 12.4 Å². The lowest BCUT2D eigenvalue weighted by molar-refractivity contribution is 0.104. The van der Waals surface area contributed by atoms with Crippen molar-refractivity contribution in [1.82, 2.24) is 0 Å². The van der Waals surface area contributed by atoms with E-state index in [-0.39, 0.29) is 0 Å². The zero-order chi connectivity index (χ0) is 11.7. The van der Waals surface area contributed by atoms with Gasteiger partial charge >= 0.3 is 0 Å². The van der Waals surface area contributed by atoms with Gasteiger partial charge in [0.2, 0.25) is 0 Å². The Kier molecular flexibility index (Phi) is 8.15. The van der Waals surface area contributed by atoms with E-state index < -0.39 is 6.10 Å². The molecule has 2 nitrogen and oxygen atoms in total. The van der Waals surface area contributed by atoms with Gasteiger partial charge in [-0.2, -0.15) is 0 Å². The topological polar surface area (TPSA) is 29.5 Å². The Morgan fingerprint density at radius 1 is 1.27 bits per heavy atom. The van der Waals surface area contributed by atoms with E-state index >= 15 is 0 Å². The molecule has 0 saturated carbocycles. The van der Waals surface area contributed by atoms with Crippen molar-refractivity contribution in [1.29, 1.82) is 0 Å². The van der Waals surface area contributed by atoms with Crippen LogP contribution in [-0.4, -0.2) is 17.8 Å². The molecule has 1 atom stereocenters. The summed E-state index contributed by atoms with van der Waals surface area (Å²) >= 11 is 5.70. The molecule has 0 fully saturated rings. The summed E-state index contributed by atoms with van der Waals surface area (Å²) in [5.41, 5.74) is 0. The van der Waals surface area contributed by atoms with E-state index in [1.54, 1.807) is 24.3 Å². The predicted molar refractivity (Wildman–Crippen MR) is 64.6 cm³/mol. The number of halogens is 1. The van der Waals surface area contributed by atoms with Crippen LogP contribution in [0.2, 0.25) is 5.02 Å². The molecule has 1 aromatic carbocycles. The first-order chi connectivity index (χ1) is 7.22. The highest BCUT2D eigenvalue weighted by molar-refractivity contribution is 6.30. The minimum absolute atomic E-state index is 0.331. The third-order valence-electron chi connectivity index (χ3n) is 1.73. The number of hydrogen-bond donors (Lipinski definition) is 1. The van der Waals surface area contributed by atoms with Crippen molar-refractivity contribution in [3.05, 3.63) is 29.3 Å². The zero-order valence-corrected chi connectivity index (χ0v) is 10.3. The Morgan fingerprint density at radius 3 is 2.27 bits per heavy atom. The Labute approximate surface area is 96.8 Å². The fourth-order valence-corrected chi connectivity index (χ4v) is 0.967. The summed E-state index contributed by atoms with van der Waals surface area (Å²) in [7, 11) is 0. The van der Waals surface area contributed by atoms with Gasteiger partial charge in [-0.05, 0) is 30.7 Å².